The molecule has 0 saturated carbocycles. The first-order valence-electron chi connectivity index (χ1n) is 11.0. The predicted molar refractivity (Wildman–Crippen MR) is 129 cm³/mol. The fourth-order valence-corrected chi connectivity index (χ4v) is 4.06. The molecule has 0 saturated heterocycles. The molecule has 0 spiro atoms. The van der Waals surface area contributed by atoms with Crippen LogP contribution in [0, 0.1) is 12.7 Å². The highest BCUT2D eigenvalue weighted by Crippen LogP contribution is 2.32. The molecule has 0 fully saturated rings. The second-order valence-corrected chi connectivity index (χ2v) is 8.64. The molecule has 0 unspecified atom stereocenters. The molecule has 186 valence electrons. The van der Waals surface area contributed by atoms with Crippen LogP contribution in [0.4, 0.5) is 23.2 Å². The van der Waals surface area contributed by atoms with Gasteiger partial charge < -0.3 is 14.8 Å². The third-order valence-corrected chi connectivity index (χ3v) is 5.78. The van der Waals surface area contributed by atoms with Crippen LogP contribution in [0.3, 0.4) is 0 Å². The largest absolute Gasteiger partial charge is 0.419 e. The zero-order chi connectivity index (χ0) is 25.9. The summed E-state index contributed by atoms with van der Waals surface area (Å²) in [5.74, 6) is -1.97. The minimum atomic E-state index is -4.81. The van der Waals surface area contributed by atoms with Crippen molar-refractivity contribution >= 4 is 22.4 Å². The lowest BCUT2D eigenvalue weighted by Gasteiger charge is -2.22. The summed E-state index contributed by atoms with van der Waals surface area (Å²) in [7, 11) is 1.93. The molecule has 0 aliphatic heterocycles. The van der Waals surface area contributed by atoms with E-state index in [1.54, 1.807) is 42.0 Å². The second-order valence-electron chi connectivity index (χ2n) is 8.64. The topological polar surface area (TPSA) is 54.3 Å². The number of halogens is 4. The average molecular weight is 490 g/mol. The number of hydrogen-bond donors (Lipinski definition) is 1. The number of aromatic nitrogens is 1. The van der Waals surface area contributed by atoms with Crippen LogP contribution in [0.25, 0.3) is 10.8 Å². The molecular weight excluding hydrogens is 462 g/mol. The monoisotopic (exact) mass is 489 g/mol. The van der Waals surface area contributed by atoms with Gasteiger partial charge in [-0.2, -0.15) is 13.2 Å². The van der Waals surface area contributed by atoms with E-state index in [0.717, 1.165) is 6.07 Å². The number of carbonyl (C=O) groups is 1. The lowest BCUT2D eigenvalue weighted by Crippen LogP contribution is -2.31. The van der Waals surface area contributed by atoms with Gasteiger partial charge in [0.05, 0.1) is 17.7 Å². The van der Waals surface area contributed by atoms with Gasteiger partial charge in [0.25, 0.3) is 5.56 Å². The Labute approximate surface area is 200 Å². The van der Waals surface area contributed by atoms with E-state index in [1.165, 1.54) is 0 Å². The fourth-order valence-electron chi connectivity index (χ4n) is 4.06. The second kappa shape index (κ2) is 10.4. The Kier molecular flexibility index (Phi) is 7.80. The van der Waals surface area contributed by atoms with Crippen molar-refractivity contribution in [1.82, 2.24) is 9.47 Å². The highest BCUT2D eigenvalue weighted by molar-refractivity contribution is 6.03. The number of hydrogen-bond acceptors (Lipinski definition) is 3. The quantitative estimate of drug-likeness (QED) is 0.344. The summed E-state index contributed by atoms with van der Waals surface area (Å²) in [6.45, 7) is 8.74. The lowest BCUT2D eigenvalue weighted by molar-refractivity contribution is -0.140. The molecule has 5 nitrogen and oxygen atoms in total. The van der Waals surface area contributed by atoms with Gasteiger partial charge >= 0.3 is 6.18 Å². The molecule has 35 heavy (non-hydrogen) atoms. The maximum atomic E-state index is 13.9. The number of pyridine rings is 1. The van der Waals surface area contributed by atoms with Gasteiger partial charge in [0, 0.05) is 36.1 Å². The summed E-state index contributed by atoms with van der Waals surface area (Å²) in [4.78, 5) is 27.9. The molecule has 1 atom stereocenters. The number of rotatable bonds is 8. The van der Waals surface area contributed by atoms with Crippen molar-refractivity contribution in [2.75, 3.05) is 25.5 Å². The highest BCUT2D eigenvalue weighted by Gasteiger charge is 2.34. The number of aryl methyl sites for hydroxylation is 1. The number of fused-ring (bicyclic) bond motifs is 1. The van der Waals surface area contributed by atoms with Crippen LogP contribution in [0.2, 0.25) is 0 Å². The first-order valence-corrected chi connectivity index (χ1v) is 11.0. The Bertz CT molecular complexity index is 1310. The zero-order valence-corrected chi connectivity index (χ0v) is 19.7. The van der Waals surface area contributed by atoms with E-state index >= 15 is 0 Å². The van der Waals surface area contributed by atoms with Crippen molar-refractivity contribution < 1.29 is 22.4 Å². The first kappa shape index (κ1) is 26.2. The van der Waals surface area contributed by atoms with Crippen LogP contribution in [-0.2, 0) is 17.4 Å². The molecule has 0 aliphatic carbocycles. The molecule has 1 N–H and O–H groups in total. The summed E-state index contributed by atoms with van der Waals surface area (Å²) >= 11 is 0. The Morgan fingerprint density at radius 2 is 1.91 bits per heavy atom. The van der Waals surface area contributed by atoms with Crippen LogP contribution in [0.5, 0.6) is 0 Å². The van der Waals surface area contributed by atoms with Gasteiger partial charge in [-0.15, -0.1) is 6.58 Å². The van der Waals surface area contributed by atoms with E-state index in [0.29, 0.717) is 47.2 Å². The van der Waals surface area contributed by atoms with Crippen LogP contribution in [0.15, 0.2) is 60.0 Å². The Morgan fingerprint density at radius 3 is 2.54 bits per heavy atom. The van der Waals surface area contributed by atoms with Crippen LogP contribution in [0.1, 0.15) is 29.7 Å². The molecule has 9 heteroatoms. The number of amides is 1. The molecule has 0 aliphatic rings. The van der Waals surface area contributed by atoms with Gasteiger partial charge in [0.15, 0.2) is 0 Å². The molecule has 0 bridgehead atoms. The minimum absolute atomic E-state index is 0.103. The molecule has 1 aromatic heterocycles. The Balaban J connectivity index is 1.86. The average Bonchev–Trinajstić information content (AvgIpc) is 2.75. The zero-order valence-electron chi connectivity index (χ0n) is 19.7. The number of anilines is 1. The Morgan fingerprint density at radius 1 is 1.20 bits per heavy atom. The van der Waals surface area contributed by atoms with Crippen LogP contribution >= 0.6 is 0 Å². The van der Waals surface area contributed by atoms with Crippen LogP contribution < -0.4 is 10.9 Å². The van der Waals surface area contributed by atoms with E-state index in [4.69, 9.17) is 0 Å². The third kappa shape index (κ3) is 5.97. The Hall–Kier alpha value is -3.46. The highest BCUT2D eigenvalue weighted by atomic mass is 19.4. The van der Waals surface area contributed by atoms with Gasteiger partial charge in [0.1, 0.15) is 5.82 Å². The standard InChI is InChI=1S/C26H27F4N3O2/c1-5-11-32(4)15-17(3)33-12-10-19-20(25(33)35)8-6-16(2)24(19)31-23(34)14-18-7-9-21(22(27)13-18)26(28,29)30/h5-10,12-13,17H,1,11,14-15H2,2-4H3,(H,31,34)/t17-/m1/s1. The summed E-state index contributed by atoms with van der Waals surface area (Å²) in [6, 6.07) is 7.47. The number of nitrogens with one attached hydrogen (secondary N) is 1. The van der Waals surface area contributed by atoms with Gasteiger partial charge in [-0.1, -0.05) is 18.2 Å². The molecule has 3 rings (SSSR count). The summed E-state index contributed by atoms with van der Waals surface area (Å²) < 4.78 is 53.8. The van der Waals surface area contributed by atoms with Gasteiger partial charge in [-0.25, -0.2) is 4.39 Å². The molecule has 0 radical (unpaired) electrons. The maximum absolute atomic E-state index is 13.9. The molecular formula is C26H27F4N3O2. The van der Waals surface area contributed by atoms with Crippen molar-refractivity contribution in [2.24, 2.45) is 0 Å². The van der Waals surface area contributed by atoms with Crippen molar-refractivity contribution in [3.63, 3.8) is 0 Å². The van der Waals surface area contributed by atoms with Crippen molar-refractivity contribution in [1.29, 1.82) is 0 Å². The SMILES string of the molecule is C=CCN(C)C[C@@H](C)n1ccc2c(NC(=O)Cc3ccc(C(F)(F)F)c(F)c3)c(C)ccc2c1=O. The summed E-state index contributed by atoms with van der Waals surface area (Å²) in [6.07, 6.45) is -1.67. The molecule has 1 heterocycles. The van der Waals surface area contributed by atoms with E-state index in [1.807, 2.05) is 18.9 Å². The third-order valence-electron chi connectivity index (χ3n) is 5.78. The van der Waals surface area contributed by atoms with Crippen LogP contribution in [-0.4, -0.2) is 35.5 Å². The van der Waals surface area contributed by atoms with Crippen molar-refractivity contribution in [2.45, 2.75) is 32.5 Å². The first-order chi connectivity index (χ1) is 16.4. The number of nitrogens with zero attached hydrogens (tertiary/aromatic N) is 2. The van der Waals surface area contributed by atoms with E-state index in [2.05, 4.69) is 11.9 Å². The van der Waals surface area contributed by atoms with Gasteiger partial charge in [-0.3, -0.25) is 9.59 Å². The maximum Gasteiger partial charge on any atom is 0.419 e. The molecule has 1 amide bonds. The number of benzene rings is 2. The molecule has 2 aromatic carbocycles. The van der Waals surface area contributed by atoms with E-state index in [-0.39, 0.29) is 23.6 Å². The number of likely N-dealkylation sites (N-methyl/N-ethyl adjacent to an activating group) is 1. The van der Waals surface area contributed by atoms with Gasteiger partial charge in [0.2, 0.25) is 5.91 Å². The number of alkyl halides is 3. The summed E-state index contributed by atoms with van der Waals surface area (Å²) in [5, 5.41) is 3.71. The normalized spacial score (nSPS) is 12.7. The summed E-state index contributed by atoms with van der Waals surface area (Å²) in [5.41, 5.74) is -0.346. The smallest absolute Gasteiger partial charge is 0.325 e. The molecule has 3 aromatic rings. The van der Waals surface area contributed by atoms with Crippen molar-refractivity contribution in [3.8, 4) is 0 Å². The van der Waals surface area contributed by atoms with Gasteiger partial charge in [-0.05, 0) is 56.3 Å². The predicted octanol–water partition coefficient (Wildman–Crippen LogP) is 5.33. The fraction of sp³-hybridized carbons (Fsp3) is 0.308. The lowest BCUT2D eigenvalue weighted by atomic mass is 10.0. The minimum Gasteiger partial charge on any atom is -0.325 e. The van der Waals surface area contributed by atoms with E-state index < -0.39 is 23.5 Å². The van der Waals surface area contributed by atoms with Crippen molar-refractivity contribution in [3.05, 3.63) is 88.1 Å². The number of carbonyl (C=O) groups excluding carboxylic acids is 1. The van der Waals surface area contributed by atoms with E-state index in [9.17, 15) is 27.2 Å².